The standard InChI is InChI=1S/C13H17N3O4/c1-10-6-11(16(17)18)7-14-12(10)15-3-5-20-13(8-15)2-4-19-9-13/h6-7H,2-5,8-9H2,1H3. The Kier molecular flexibility index (Phi) is 3.31. The molecule has 1 aromatic heterocycles. The van der Waals surface area contributed by atoms with E-state index >= 15 is 0 Å². The number of nitrogens with zero attached hydrogens (tertiary/aromatic N) is 3. The van der Waals surface area contributed by atoms with E-state index in [0.717, 1.165) is 37.5 Å². The summed E-state index contributed by atoms with van der Waals surface area (Å²) in [4.78, 5) is 16.7. The zero-order valence-electron chi connectivity index (χ0n) is 11.4. The average Bonchev–Trinajstić information content (AvgIpc) is 2.86. The van der Waals surface area contributed by atoms with Crippen LogP contribution in [0.2, 0.25) is 0 Å². The van der Waals surface area contributed by atoms with Gasteiger partial charge in [0, 0.05) is 25.6 Å². The summed E-state index contributed by atoms with van der Waals surface area (Å²) < 4.78 is 11.3. The summed E-state index contributed by atoms with van der Waals surface area (Å²) in [5.74, 6) is 0.796. The van der Waals surface area contributed by atoms with Crippen molar-refractivity contribution in [2.75, 3.05) is 37.8 Å². The fourth-order valence-electron chi connectivity index (χ4n) is 2.84. The Labute approximate surface area is 116 Å². The van der Waals surface area contributed by atoms with Crippen molar-refractivity contribution in [3.8, 4) is 0 Å². The van der Waals surface area contributed by atoms with Gasteiger partial charge < -0.3 is 14.4 Å². The number of pyridine rings is 1. The van der Waals surface area contributed by atoms with E-state index in [1.807, 2.05) is 6.92 Å². The highest BCUT2D eigenvalue weighted by Crippen LogP contribution is 2.31. The Morgan fingerprint density at radius 2 is 2.35 bits per heavy atom. The fourth-order valence-corrected chi connectivity index (χ4v) is 2.84. The van der Waals surface area contributed by atoms with Crippen LogP contribution < -0.4 is 4.90 Å². The molecule has 0 N–H and O–H groups in total. The van der Waals surface area contributed by atoms with Crippen LogP contribution >= 0.6 is 0 Å². The van der Waals surface area contributed by atoms with Crippen LogP contribution in [0.4, 0.5) is 11.5 Å². The van der Waals surface area contributed by atoms with Gasteiger partial charge in [-0.15, -0.1) is 0 Å². The topological polar surface area (TPSA) is 77.7 Å². The molecule has 0 saturated carbocycles. The molecule has 108 valence electrons. The van der Waals surface area contributed by atoms with Gasteiger partial charge in [0.1, 0.15) is 17.6 Å². The van der Waals surface area contributed by atoms with Gasteiger partial charge >= 0.3 is 0 Å². The lowest BCUT2D eigenvalue weighted by molar-refractivity contribution is -0.385. The first-order valence-corrected chi connectivity index (χ1v) is 6.67. The van der Waals surface area contributed by atoms with Crippen molar-refractivity contribution in [2.24, 2.45) is 0 Å². The van der Waals surface area contributed by atoms with Gasteiger partial charge in [-0.05, 0) is 12.5 Å². The summed E-state index contributed by atoms with van der Waals surface area (Å²) in [7, 11) is 0. The quantitative estimate of drug-likeness (QED) is 0.599. The second-order valence-electron chi connectivity index (χ2n) is 5.35. The normalized spacial score (nSPS) is 26.1. The van der Waals surface area contributed by atoms with Crippen LogP contribution in [0.25, 0.3) is 0 Å². The lowest BCUT2D eigenvalue weighted by Gasteiger charge is -2.40. The number of ether oxygens (including phenoxy) is 2. The van der Waals surface area contributed by atoms with E-state index in [0.29, 0.717) is 13.2 Å². The van der Waals surface area contributed by atoms with Crippen LogP contribution in [0.5, 0.6) is 0 Å². The largest absolute Gasteiger partial charge is 0.378 e. The first-order valence-electron chi connectivity index (χ1n) is 6.67. The summed E-state index contributed by atoms with van der Waals surface area (Å²) in [5, 5.41) is 10.8. The molecule has 2 aliphatic heterocycles. The molecular formula is C13H17N3O4. The minimum absolute atomic E-state index is 0.0263. The molecule has 7 nitrogen and oxygen atoms in total. The average molecular weight is 279 g/mol. The molecule has 1 aromatic rings. The smallest absolute Gasteiger partial charge is 0.287 e. The summed E-state index contributed by atoms with van der Waals surface area (Å²) in [6.45, 7) is 5.27. The Bertz CT molecular complexity index is 528. The van der Waals surface area contributed by atoms with Crippen LogP contribution in [0.15, 0.2) is 12.3 Å². The first-order chi connectivity index (χ1) is 9.60. The van der Waals surface area contributed by atoms with Crippen LogP contribution in [0.1, 0.15) is 12.0 Å². The second-order valence-corrected chi connectivity index (χ2v) is 5.35. The number of rotatable bonds is 2. The molecular weight excluding hydrogens is 262 g/mol. The molecule has 20 heavy (non-hydrogen) atoms. The van der Waals surface area contributed by atoms with E-state index in [4.69, 9.17) is 9.47 Å². The third-order valence-electron chi connectivity index (χ3n) is 3.86. The van der Waals surface area contributed by atoms with Crippen LogP contribution in [0, 0.1) is 17.0 Å². The molecule has 2 saturated heterocycles. The van der Waals surface area contributed by atoms with Crippen molar-refractivity contribution in [2.45, 2.75) is 18.9 Å². The SMILES string of the molecule is Cc1cc([N+](=O)[O-])cnc1N1CCOC2(CCOC2)C1. The molecule has 0 amide bonds. The predicted molar refractivity (Wildman–Crippen MR) is 72.0 cm³/mol. The Hall–Kier alpha value is -1.73. The van der Waals surface area contributed by atoms with Crippen molar-refractivity contribution in [1.82, 2.24) is 4.98 Å². The minimum atomic E-state index is -0.421. The van der Waals surface area contributed by atoms with E-state index in [2.05, 4.69) is 9.88 Å². The maximum Gasteiger partial charge on any atom is 0.287 e. The maximum absolute atomic E-state index is 10.8. The highest BCUT2D eigenvalue weighted by atomic mass is 16.6. The molecule has 3 rings (SSSR count). The van der Waals surface area contributed by atoms with E-state index < -0.39 is 4.92 Å². The van der Waals surface area contributed by atoms with Gasteiger partial charge in [-0.2, -0.15) is 0 Å². The number of aryl methyl sites for hydroxylation is 1. The van der Waals surface area contributed by atoms with Gasteiger partial charge in [0.05, 0.1) is 24.7 Å². The lowest BCUT2D eigenvalue weighted by atomic mass is 10.0. The summed E-state index contributed by atoms with van der Waals surface area (Å²) in [6.07, 6.45) is 2.20. The predicted octanol–water partition coefficient (Wildman–Crippen LogP) is 1.29. The molecule has 0 radical (unpaired) electrons. The van der Waals surface area contributed by atoms with Gasteiger partial charge in [0.25, 0.3) is 5.69 Å². The number of anilines is 1. The van der Waals surface area contributed by atoms with Crippen molar-refractivity contribution in [3.05, 3.63) is 27.9 Å². The molecule has 1 unspecified atom stereocenters. The highest BCUT2D eigenvalue weighted by Gasteiger charge is 2.41. The molecule has 7 heteroatoms. The van der Waals surface area contributed by atoms with Crippen molar-refractivity contribution < 1.29 is 14.4 Å². The third-order valence-corrected chi connectivity index (χ3v) is 3.86. The monoisotopic (exact) mass is 279 g/mol. The highest BCUT2D eigenvalue weighted by molar-refractivity contribution is 5.51. The Morgan fingerprint density at radius 3 is 3.00 bits per heavy atom. The minimum Gasteiger partial charge on any atom is -0.378 e. The van der Waals surface area contributed by atoms with E-state index in [9.17, 15) is 10.1 Å². The van der Waals surface area contributed by atoms with Gasteiger partial charge in [-0.3, -0.25) is 10.1 Å². The molecule has 0 bridgehead atoms. The van der Waals surface area contributed by atoms with Gasteiger partial charge in [0.15, 0.2) is 0 Å². The van der Waals surface area contributed by atoms with E-state index in [1.54, 1.807) is 6.07 Å². The Morgan fingerprint density at radius 1 is 1.50 bits per heavy atom. The van der Waals surface area contributed by atoms with E-state index in [1.165, 1.54) is 6.20 Å². The van der Waals surface area contributed by atoms with Crippen LogP contribution in [-0.4, -0.2) is 48.4 Å². The lowest BCUT2D eigenvalue weighted by Crippen LogP contribution is -2.52. The van der Waals surface area contributed by atoms with Gasteiger partial charge in [-0.25, -0.2) is 4.98 Å². The molecule has 2 aliphatic rings. The Balaban J connectivity index is 1.83. The summed E-state index contributed by atoms with van der Waals surface area (Å²) >= 11 is 0. The number of hydrogen-bond acceptors (Lipinski definition) is 6. The maximum atomic E-state index is 10.8. The first kappa shape index (κ1) is 13.3. The van der Waals surface area contributed by atoms with Gasteiger partial charge in [0.2, 0.25) is 0 Å². The van der Waals surface area contributed by atoms with Crippen LogP contribution in [0.3, 0.4) is 0 Å². The molecule has 1 spiro atoms. The summed E-state index contributed by atoms with van der Waals surface area (Å²) in [5.41, 5.74) is 0.599. The summed E-state index contributed by atoms with van der Waals surface area (Å²) in [6, 6.07) is 1.57. The second kappa shape index (κ2) is 4.99. The van der Waals surface area contributed by atoms with Crippen molar-refractivity contribution in [3.63, 3.8) is 0 Å². The molecule has 3 heterocycles. The number of hydrogen-bond donors (Lipinski definition) is 0. The molecule has 1 atom stereocenters. The molecule has 2 fully saturated rings. The number of morpholine rings is 1. The van der Waals surface area contributed by atoms with Crippen molar-refractivity contribution in [1.29, 1.82) is 0 Å². The zero-order valence-corrected chi connectivity index (χ0v) is 11.4. The fraction of sp³-hybridized carbons (Fsp3) is 0.615. The number of nitro groups is 1. The van der Waals surface area contributed by atoms with Crippen molar-refractivity contribution >= 4 is 11.5 Å². The third kappa shape index (κ3) is 2.34. The van der Waals surface area contributed by atoms with Gasteiger partial charge in [-0.1, -0.05) is 0 Å². The number of aromatic nitrogens is 1. The zero-order chi connectivity index (χ0) is 14.2. The van der Waals surface area contributed by atoms with E-state index in [-0.39, 0.29) is 11.3 Å². The molecule has 0 aromatic carbocycles. The molecule has 0 aliphatic carbocycles. The van der Waals surface area contributed by atoms with Crippen LogP contribution in [-0.2, 0) is 9.47 Å².